The predicted octanol–water partition coefficient (Wildman–Crippen LogP) is 1.45. The number of methoxy groups -OCH3 is 1. The van der Waals surface area contributed by atoms with Crippen LogP contribution in [0.15, 0.2) is 0 Å². The largest absolute Gasteiger partial charge is 0.379 e. The van der Waals surface area contributed by atoms with Gasteiger partial charge in [0.05, 0.1) is 5.60 Å². The minimum atomic E-state index is -0.139. The molecular formula is C9H17N3O2S. The van der Waals surface area contributed by atoms with Crippen LogP contribution in [0.4, 0.5) is 5.13 Å². The number of anilines is 1. The summed E-state index contributed by atoms with van der Waals surface area (Å²) in [5.74, 6) is 0. The van der Waals surface area contributed by atoms with Gasteiger partial charge in [-0.25, -0.2) is 0 Å². The summed E-state index contributed by atoms with van der Waals surface area (Å²) in [5.41, 5.74) is 5.30. The van der Waals surface area contributed by atoms with Crippen molar-refractivity contribution in [3.05, 3.63) is 5.01 Å². The first-order valence-corrected chi connectivity index (χ1v) is 5.56. The van der Waals surface area contributed by atoms with E-state index in [-0.39, 0.29) is 5.60 Å². The fourth-order valence-electron chi connectivity index (χ4n) is 0.904. The topological polar surface area (TPSA) is 70.3 Å². The van der Waals surface area contributed by atoms with Gasteiger partial charge in [0.2, 0.25) is 5.13 Å². The molecule has 5 nitrogen and oxygen atoms in total. The maximum Gasteiger partial charge on any atom is 0.203 e. The SMILES string of the molecule is COC(C)(C)CCOCc1nnc(N)s1. The standard InChI is InChI=1S/C9H17N3O2S/c1-9(2,13-3)4-5-14-6-7-11-12-8(10)15-7/h4-6H2,1-3H3,(H2,10,12). The molecule has 1 rings (SSSR count). The number of aromatic nitrogens is 2. The number of nitrogens with zero attached hydrogens (tertiary/aromatic N) is 2. The third-order valence-corrected chi connectivity index (χ3v) is 2.83. The predicted molar refractivity (Wildman–Crippen MR) is 59.7 cm³/mol. The first kappa shape index (κ1) is 12.4. The molecule has 0 unspecified atom stereocenters. The molecule has 86 valence electrons. The van der Waals surface area contributed by atoms with Gasteiger partial charge in [-0.1, -0.05) is 11.3 Å². The zero-order valence-corrected chi connectivity index (χ0v) is 10.1. The third-order valence-electron chi connectivity index (χ3n) is 2.11. The molecule has 0 spiro atoms. The number of hydrogen-bond acceptors (Lipinski definition) is 6. The molecule has 0 saturated carbocycles. The summed E-state index contributed by atoms with van der Waals surface area (Å²) >= 11 is 1.35. The lowest BCUT2D eigenvalue weighted by Crippen LogP contribution is -2.24. The molecule has 0 saturated heterocycles. The van der Waals surface area contributed by atoms with Crippen molar-refractivity contribution in [3.8, 4) is 0 Å². The van der Waals surface area contributed by atoms with E-state index in [2.05, 4.69) is 10.2 Å². The Morgan fingerprint density at radius 2 is 2.13 bits per heavy atom. The van der Waals surface area contributed by atoms with Gasteiger partial charge in [0.1, 0.15) is 11.6 Å². The van der Waals surface area contributed by atoms with Crippen molar-refractivity contribution in [3.63, 3.8) is 0 Å². The molecule has 0 radical (unpaired) electrons. The summed E-state index contributed by atoms with van der Waals surface area (Å²) in [6.45, 7) is 5.16. The van der Waals surface area contributed by atoms with E-state index in [1.54, 1.807) is 7.11 Å². The van der Waals surface area contributed by atoms with Gasteiger partial charge >= 0.3 is 0 Å². The molecule has 1 aromatic rings. The number of nitrogen functional groups attached to an aromatic ring is 1. The fraction of sp³-hybridized carbons (Fsp3) is 0.778. The first-order valence-electron chi connectivity index (χ1n) is 4.74. The van der Waals surface area contributed by atoms with Gasteiger partial charge in [-0.15, -0.1) is 10.2 Å². The second-order valence-electron chi connectivity index (χ2n) is 3.80. The summed E-state index contributed by atoms with van der Waals surface area (Å²) in [4.78, 5) is 0. The molecule has 0 bridgehead atoms. The van der Waals surface area contributed by atoms with Crippen LogP contribution < -0.4 is 5.73 Å². The van der Waals surface area contributed by atoms with Crippen molar-refractivity contribution in [2.45, 2.75) is 32.5 Å². The quantitative estimate of drug-likeness (QED) is 0.750. The van der Waals surface area contributed by atoms with Crippen molar-refractivity contribution < 1.29 is 9.47 Å². The van der Waals surface area contributed by atoms with E-state index in [1.807, 2.05) is 13.8 Å². The van der Waals surface area contributed by atoms with Crippen LogP contribution in [0, 0.1) is 0 Å². The molecule has 2 N–H and O–H groups in total. The molecule has 0 atom stereocenters. The van der Waals surface area contributed by atoms with Crippen LogP contribution in [0.2, 0.25) is 0 Å². The van der Waals surface area contributed by atoms with E-state index in [4.69, 9.17) is 15.2 Å². The van der Waals surface area contributed by atoms with Crippen LogP contribution in [0.25, 0.3) is 0 Å². The van der Waals surface area contributed by atoms with Crippen LogP contribution >= 0.6 is 11.3 Å². The third kappa shape index (κ3) is 4.55. The zero-order valence-electron chi connectivity index (χ0n) is 9.32. The fourth-order valence-corrected chi connectivity index (χ4v) is 1.45. The molecule has 0 fully saturated rings. The Labute approximate surface area is 93.6 Å². The summed E-state index contributed by atoms with van der Waals surface area (Å²) in [7, 11) is 1.70. The summed E-state index contributed by atoms with van der Waals surface area (Å²) in [6.07, 6.45) is 0.845. The van der Waals surface area contributed by atoms with E-state index < -0.39 is 0 Å². The highest BCUT2D eigenvalue weighted by Crippen LogP contribution is 2.15. The van der Waals surface area contributed by atoms with Crippen molar-refractivity contribution in [2.24, 2.45) is 0 Å². The lowest BCUT2D eigenvalue weighted by molar-refractivity contribution is -0.0125. The van der Waals surface area contributed by atoms with E-state index in [1.165, 1.54) is 11.3 Å². The normalized spacial score (nSPS) is 11.9. The smallest absolute Gasteiger partial charge is 0.203 e. The minimum absolute atomic E-state index is 0.139. The molecule has 0 aliphatic heterocycles. The highest BCUT2D eigenvalue weighted by Gasteiger charge is 2.15. The molecule has 0 amide bonds. The molecular weight excluding hydrogens is 214 g/mol. The van der Waals surface area contributed by atoms with Gasteiger partial charge in [0.25, 0.3) is 0 Å². The maximum atomic E-state index is 5.44. The Kier molecular flexibility index (Phi) is 4.44. The number of nitrogens with two attached hydrogens (primary N) is 1. The molecule has 0 aliphatic carbocycles. The lowest BCUT2D eigenvalue weighted by Gasteiger charge is -2.22. The maximum absolute atomic E-state index is 5.44. The van der Waals surface area contributed by atoms with E-state index in [0.717, 1.165) is 11.4 Å². The molecule has 1 heterocycles. The Hall–Kier alpha value is -0.720. The summed E-state index contributed by atoms with van der Waals surface area (Å²) in [6, 6.07) is 0. The van der Waals surface area contributed by atoms with Crippen molar-refractivity contribution >= 4 is 16.5 Å². The van der Waals surface area contributed by atoms with Crippen LogP contribution in [0.5, 0.6) is 0 Å². The number of rotatable bonds is 6. The van der Waals surface area contributed by atoms with Crippen molar-refractivity contribution in [2.75, 3.05) is 19.5 Å². The molecule has 0 aromatic carbocycles. The lowest BCUT2D eigenvalue weighted by atomic mass is 10.1. The average molecular weight is 231 g/mol. The van der Waals surface area contributed by atoms with Gasteiger partial charge in [0.15, 0.2) is 0 Å². The van der Waals surface area contributed by atoms with Crippen molar-refractivity contribution in [1.29, 1.82) is 0 Å². The monoisotopic (exact) mass is 231 g/mol. The Bertz CT molecular complexity index is 301. The van der Waals surface area contributed by atoms with Gasteiger partial charge in [-0.3, -0.25) is 0 Å². The summed E-state index contributed by atoms with van der Waals surface area (Å²) < 4.78 is 10.7. The van der Waals surface area contributed by atoms with Crippen LogP contribution in [0.1, 0.15) is 25.3 Å². The van der Waals surface area contributed by atoms with Gasteiger partial charge < -0.3 is 15.2 Å². The number of ether oxygens (including phenoxy) is 2. The molecule has 1 aromatic heterocycles. The zero-order chi connectivity index (χ0) is 11.3. The van der Waals surface area contributed by atoms with E-state index in [9.17, 15) is 0 Å². The van der Waals surface area contributed by atoms with Gasteiger partial charge in [-0.05, 0) is 20.3 Å². The Balaban J connectivity index is 2.17. The highest BCUT2D eigenvalue weighted by atomic mass is 32.1. The molecule has 0 aliphatic rings. The first-order chi connectivity index (χ1) is 7.03. The Morgan fingerprint density at radius 1 is 1.40 bits per heavy atom. The second kappa shape index (κ2) is 5.39. The van der Waals surface area contributed by atoms with Crippen molar-refractivity contribution in [1.82, 2.24) is 10.2 Å². The number of hydrogen-bond donors (Lipinski definition) is 1. The molecule has 15 heavy (non-hydrogen) atoms. The van der Waals surface area contributed by atoms with E-state index >= 15 is 0 Å². The van der Waals surface area contributed by atoms with Crippen LogP contribution in [0.3, 0.4) is 0 Å². The Morgan fingerprint density at radius 3 is 2.67 bits per heavy atom. The molecule has 6 heteroatoms. The summed E-state index contributed by atoms with van der Waals surface area (Å²) in [5, 5.41) is 8.84. The highest BCUT2D eigenvalue weighted by molar-refractivity contribution is 7.15. The van der Waals surface area contributed by atoms with Gasteiger partial charge in [-0.2, -0.15) is 0 Å². The average Bonchev–Trinajstić information content (AvgIpc) is 2.59. The van der Waals surface area contributed by atoms with Gasteiger partial charge in [0, 0.05) is 13.7 Å². The van der Waals surface area contributed by atoms with E-state index in [0.29, 0.717) is 18.3 Å². The second-order valence-corrected chi connectivity index (χ2v) is 4.89. The van der Waals surface area contributed by atoms with Crippen LogP contribution in [-0.4, -0.2) is 29.5 Å². The van der Waals surface area contributed by atoms with Crippen LogP contribution in [-0.2, 0) is 16.1 Å². The minimum Gasteiger partial charge on any atom is -0.379 e.